The molecule has 0 spiro atoms. The van der Waals surface area contributed by atoms with E-state index in [0.717, 1.165) is 26.1 Å². The minimum Gasteiger partial charge on any atom is -0.444 e. The molecule has 0 aromatic heterocycles. The highest BCUT2D eigenvalue weighted by atomic mass is 16.6. The molecule has 3 rings (SSSR count). The van der Waals surface area contributed by atoms with Crippen LogP contribution in [0.25, 0.3) is 0 Å². The first-order valence-corrected chi connectivity index (χ1v) is 9.56. The van der Waals surface area contributed by atoms with Gasteiger partial charge in [-0.15, -0.1) is 0 Å². The van der Waals surface area contributed by atoms with Gasteiger partial charge in [0.05, 0.1) is 0 Å². The summed E-state index contributed by atoms with van der Waals surface area (Å²) in [5.74, 6) is 1.04. The van der Waals surface area contributed by atoms with Crippen molar-refractivity contribution in [2.24, 2.45) is 5.92 Å². The molecule has 4 nitrogen and oxygen atoms in total. The van der Waals surface area contributed by atoms with Crippen molar-refractivity contribution >= 4 is 6.09 Å². The quantitative estimate of drug-likeness (QED) is 0.823. The molecular weight excluding hydrogens is 312 g/mol. The first-order chi connectivity index (χ1) is 11.8. The lowest BCUT2D eigenvalue weighted by Gasteiger charge is -2.34. The maximum Gasteiger partial charge on any atom is 0.410 e. The number of likely N-dealkylation sites (tertiary alicyclic amines) is 1. The van der Waals surface area contributed by atoms with Gasteiger partial charge < -0.3 is 14.5 Å². The van der Waals surface area contributed by atoms with Gasteiger partial charge in [-0.25, -0.2) is 4.79 Å². The SMILES string of the molecule is CN1CCC(CN(C(=O)OC(C)(C)C)[C@@H]2C[C@H]2c2ccccc2)CC1. The van der Waals surface area contributed by atoms with Gasteiger partial charge >= 0.3 is 6.09 Å². The van der Waals surface area contributed by atoms with Gasteiger partial charge in [-0.1, -0.05) is 30.3 Å². The molecule has 1 heterocycles. The van der Waals surface area contributed by atoms with Crippen molar-refractivity contribution in [3.05, 3.63) is 35.9 Å². The zero-order chi connectivity index (χ0) is 18.0. The van der Waals surface area contributed by atoms with Crippen LogP contribution in [0.15, 0.2) is 30.3 Å². The number of hydrogen-bond acceptors (Lipinski definition) is 3. The minimum absolute atomic E-state index is 0.144. The van der Waals surface area contributed by atoms with E-state index in [1.807, 2.05) is 31.7 Å². The molecular formula is C21H32N2O2. The third-order valence-electron chi connectivity index (χ3n) is 5.31. The van der Waals surface area contributed by atoms with E-state index < -0.39 is 5.60 Å². The predicted molar refractivity (Wildman–Crippen MR) is 101 cm³/mol. The molecule has 1 aliphatic heterocycles. The van der Waals surface area contributed by atoms with Crippen LogP contribution in [0.1, 0.15) is 51.5 Å². The van der Waals surface area contributed by atoms with Crippen LogP contribution < -0.4 is 0 Å². The average molecular weight is 344 g/mol. The lowest BCUT2D eigenvalue weighted by atomic mass is 9.96. The van der Waals surface area contributed by atoms with Crippen LogP contribution >= 0.6 is 0 Å². The van der Waals surface area contributed by atoms with Crippen molar-refractivity contribution in [2.45, 2.75) is 57.6 Å². The van der Waals surface area contributed by atoms with E-state index in [-0.39, 0.29) is 12.1 Å². The second kappa shape index (κ2) is 7.36. The number of carbonyl (C=O) groups excluding carboxylic acids is 1. The summed E-state index contributed by atoms with van der Waals surface area (Å²) in [7, 11) is 2.17. The van der Waals surface area contributed by atoms with E-state index in [1.54, 1.807) is 0 Å². The van der Waals surface area contributed by atoms with E-state index in [9.17, 15) is 4.79 Å². The lowest BCUT2D eigenvalue weighted by molar-refractivity contribution is 0.0176. The molecule has 1 aliphatic carbocycles. The fourth-order valence-corrected chi connectivity index (χ4v) is 3.77. The first-order valence-electron chi connectivity index (χ1n) is 9.56. The van der Waals surface area contributed by atoms with Crippen molar-refractivity contribution in [2.75, 3.05) is 26.7 Å². The van der Waals surface area contributed by atoms with Gasteiger partial charge in [0.25, 0.3) is 0 Å². The van der Waals surface area contributed by atoms with Crippen LogP contribution in [-0.2, 0) is 4.74 Å². The summed E-state index contributed by atoms with van der Waals surface area (Å²) < 4.78 is 5.72. The third kappa shape index (κ3) is 4.97. The molecule has 1 aromatic carbocycles. The highest BCUT2D eigenvalue weighted by molar-refractivity contribution is 5.69. The first kappa shape index (κ1) is 18.2. The van der Waals surface area contributed by atoms with Crippen molar-refractivity contribution in [1.82, 2.24) is 9.80 Å². The minimum atomic E-state index is -0.445. The fourth-order valence-electron chi connectivity index (χ4n) is 3.77. The van der Waals surface area contributed by atoms with Gasteiger partial charge in [0.1, 0.15) is 5.60 Å². The summed E-state index contributed by atoms with van der Waals surface area (Å²) in [6.07, 6.45) is 3.24. The Balaban J connectivity index is 1.68. The van der Waals surface area contributed by atoms with E-state index >= 15 is 0 Å². The molecule has 1 amide bonds. The van der Waals surface area contributed by atoms with Gasteiger partial charge in [-0.3, -0.25) is 0 Å². The third-order valence-corrected chi connectivity index (χ3v) is 5.31. The fraction of sp³-hybridized carbons (Fsp3) is 0.667. The molecule has 2 atom stereocenters. The van der Waals surface area contributed by atoms with E-state index in [1.165, 1.54) is 18.4 Å². The molecule has 1 saturated carbocycles. The van der Waals surface area contributed by atoms with Crippen LogP contribution in [0, 0.1) is 5.92 Å². The molecule has 0 bridgehead atoms. The molecule has 2 aliphatic rings. The maximum absolute atomic E-state index is 12.8. The number of amides is 1. The zero-order valence-corrected chi connectivity index (χ0v) is 16.1. The van der Waals surface area contributed by atoms with Gasteiger partial charge in [0, 0.05) is 18.5 Å². The van der Waals surface area contributed by atoms with Crippen molar-refractivity contribution in [3.63, 3.8) is 0 Å². The second-order valence-corrected chi connectivity index (χ2v) is 8.70. The number of ether oxygens (including phenoxy) is 1. The number of piperidine rings is 1. The van der Waals surface area contributed by atoms with Crippen LogP contribution in [0.2, 0.25) is 0 Å². The van der Waals surface area contributed by atoms with E-state index in [0.29, 0.717) is 11.8 Å². The molecule has 138 valence electrons. The van der Waals surface area contributed by atoms with Gasteiger partial charge in [-0.2, -0.15) is 0 Å². The van der Waals surface area contributed by atoms with Crippen molar-refractivity contribution < 1.29 is 9.53 Å². The van der Waals surface area contributed by atoms with Crippen molar-refractivity contribution in [1.29, 1.82) is 0 Å². The van der Waals surface area contributed by atoms with Crippen LogP contribution in [0.3, 0.4) is 0 Å². The Morgan fingerprint density at radius 2 is 1.84 bits per heavy atom. The highest BCUT2D eigenvalue weighted by Gasteiger charge is 2.46. The van der Waals surface area contributed by atoms with E-state index in [4.69, 9.17) is 4.74 Å². The van der Waals surface area contributed by atoms with Crippen LogP contribution in [0.5, 0.6) is 0 Å². The number of nitrogens with zero attached hydrogens (tertiary/aromatic N) is 2. The highest BCUT2D eigenvalue weighted by Crippen LogP contribution is 2.45. The Kier molecular flexibility index (Phi) is 5.38. The standard InChI is InChI=1S/C21H32N2O2/c1-21(2,3)25-20(24)23(15-16-10-12-22(4)13-11-16)19-14-18(19)17-8-6-5-7-9-17/h5-9,16,18-19H,10-15H2,1-4H3/t18-,19+/m0/s1. The lowest BCUT2D eigenvalue weighted by Crippen LogP contribution is -2.43. The second-order valence-electron chi connectivity index (χ2n) is 8.70. The number of hydrogen-bond donors (Lipinski definition) is 0. The number of rotatable bonds is 4. The van der Waals surface area contributed by atoms with E-state index in [2.05, 4.69) is 36.2 Å². The topological polar surface area (TPSA) is 32.8 Å². The Morgan fingerprint density at radius 1 is 1.20 bits per heavy atom. The molecule has 0 radical (unpaired) electrons. The molecule has 4 heteroatoms. The summed E-state index contributed by atoms with van der Waals surface area (Å²) in [5.41, 5.74) is 0.892. The Labute approximate surface area is 152 Å². The summed E-state index contributed by atoms with van der Waals surface area (Å²) in [5, 5.41) is 0. The number of carbonyl (C=O) groups is 1. The normalized spacial score (nSPS) is 24.8. The maximum atomic E-state index is 12.8. The monoisotopic (exact) mass is 344 g/mol. The molecule has 0 unspecified atom stereocenters. The summed E-state index contributed by atoms with van der Waals surface area (Å²) in [4.78, 5) is 17.2. The summed E-state index contributed by atoms with van der Waals surface area (Å²) in [6.45, 7) is 8.91. The molecule has 1 saturated heterocycles. The number of benzene rings is 1. The van der Waals surface area contributed by atoms with Crippen LogP contribution in [0.4, 0.5) is 4.79 Å². The summed E-state index contributed by atoms with van der Waals surface area (Å²) in [6, 6.07) is 10.8. The average Bonchev–Trinajstić information content (AvgIpc) is 3.34. The predicted octanol–water partition coefficient (Wildman–Crippen LogP) is 4.12. The zero-order valence-electron chi connectivity index (χ0n) is 16.1. The van der Waals surface area contributed by atoms with Gasteiger partial charge in [-0.05, 0) is 71.7 Å². The Morgan fingerprint density at radius 3 is 2.44 bits per heavy atom. The Bertz CT molecular complexity index is 573. The smallest absolute Gasteiger partial charge is 0.410 e. The molecule has 2 fully saturated rings. The van der Waals surface area contributed by atoms with Gasteiger partial charge in [0.2, 0.25) is 0 Å². The van der Waals surface area contributed by atoms with Gasteiger partial charge in [0.15, 0.2) is 0 Å². The molecule has 1 aromatic rings. The Hall–Kier alpha value is -1.55. The molecule has 0 N–H and O–H groups in total. The van der Waals surface area contributed by atoms with Crippen molar-refractivity contribution in [3.8, 4) is 0 Å². The largest absolute Gasteiger partial charge is 0.444 e. The van der Waals surface area contributed by atoms with Crippen LogP contribution in [-0.4, -0.2) is 54.2 Å². The molecule has 25 heavy (non-hydrogen) atoms. The summed E-state index contributed by atoms with van der Waals surface area (Å²) >= 11 is 0.